The van der Waals surface area contributed by atoms with Gasteiger partial charge >= 0.3 is 0 Å². The van der Waals surface area contributed by atoms with Gasteiger partial charge in [-0.1, -0.05) is 41.0 Å². The fourth-order valence-electron chi connectivity index (χ4n) is 4.38. The lowest BCUT2D eigenvalue weighted by Crippen LogP contribution is -2.51. The normalized spacial score (nSPS) is 23.5. The smallest absolute Gasteiger partial charge is 0.228 e. The van der Waals surface area contributed by atoms with Crippen LogP contribution < -0.4 is 10.6 Å². The third-order valence-electron chi connectivity index (χ3n) is 6.28. The molecular weight excluding hydrogens is 443 g/mol. The van der Waals surface area contributed by atoms with Crippen LogP contribution in [0.5, 0.6) is 0 Å². The van der Waals surface area contributed by atoms with Gasteiger partial charge in [-0.2, -0.15) is 9.61 Å². The lowest BCUT2D eigenvalue weighted by atomic mass is 9.73. The lowest BCUT2D eigenvalue weighted by molar-refractivity contribution is 0.0973. The molecule has 0 amide bonds. The van der Waals surface area contributed by atoms with Crippen LogP contribution in [0.2, 0.25) is 10.0 Å². The molecule has 1 spiro atoms. The lowest BCUT2D eigenvalue weighted by Gasteiger charge is -2.41. The topological polar surface area (TPSA) is 81.6 Å². The molecule has 2 N–H and O–H groups in total. The number of nitrogens with two attached hydrogens (primary N) is 1. The van der Waals surface area contributed by atoms with Crippen molar-refractivity contribution in [3.8, 4) is 0 Å². The number of hydrogen-bond acceptors (Lipinski definition) is 7. The van der Waals surface area contributed by atoms with E-state index in [1.54, 1.807) is 16.9 Å². The van der Waals surface area contributed by atoms with Gasteiger partial charge in [0.15, 0.2) is 5.65 Å². The van der Waals surface area contributed by atoms with E-state index in [1.807, 2.05) is 18.3 Å². The molecule has 1 aromatic carbocycles. The third kappa shape index (κ3) is 3.35. The molecule has 0 bridgehead atoms. The number of anilines is 1. The summed E-state index contributed by atoms with van der Waals surface area (Å²) in [6.45, 7) is 4.52. The average molecular weight is 465 g/mol. The molecule has 2 aromatic heterocycles. The van der Waals surface area contributed by atoms with Crippen LogP contribution in [-0.4, -0.2) is 51.4 Å². The molecule has 158 valence electrons. The standard InChI is InChI=1S/C20H22Cl2N6OS/c1-12-17(23)20(10-29-12)5-7-27(8-6-20)19-24-9-15(18-25-11-26-28(18)19)30-14-4-2-3-13(21)16(14)22/h2-4,9,11-12,17H,5-8,10,23H2,1H3/t12-,17+/m1/s1. The van der Waals surface area contributed by atoms with E-state index < -0.39 is 0 Å². The number of benzene rings is 1. The molecule has 0 unspecified atom stereocenters. The minimum absolute atomic E-state index is 0.0660. The Morgan fingerprint density at radius 1 is 1.20 bits per heavy atom. The van der Waals surface area contributed by atoms with Crippen molar-refractivity contribution < 1.29 is 4.74 Å². The van der Waals surface area contributed by atoms with Crippen molar-refractivity contribution in [1.82, 2.24) is 19.6 Å². The molecule has 7 nitrogen and oxygen atoms in total. The summed E-state index contributed by atoms with van der Waals surface area (Å²) in [4.78, 5) is 13.2. The van der Waals surface area contributed by atoms with Crippen LogP contribution in [0.1, 0.15) is 19.8 Å². The van der Waals surface area contributed by atoms with Gasteiger partial charge in [-0.3, -0.25) is 0 Å². The van der Waals surface area contributed by atoms with Gasteiger partial charge in [-0.05, 0) is 31.9 Å². The van der Waals surface area contributed by atoms with Crippen molar-refractivity contribution in [1.29, 1.82) is 0 Å². The average Bonchev–Trinajstić information content (AvgIpc) is 3.35. The van der Waals surface area contributed by atoms with Crippen molar-refractivity contribution >= 4 is 46.6 Å². The first-order chi connectivity index (χ1) is 14.5. The fraction of sp³-hybridized carbons (Fsp3) is 0.450. The van der Waals surface area contributed by atoms with Crippen LogP contribution >= 0.6 is 35.0 Å². The van der Waals surface area contributed by atoms with Crippen molar-refractivity contribution in [2.24, 2.45) is 11.1 Å². The molecule has 2 atom stereocenters. The fourth-order valence-corrected chi connectivity index (χ4v) is 5.77. The van der Waals surface area contributed by atoms with Gasteiger partial charge in [0.2, 0.25) is 5.95 Å². The Kier molecular flexibility index (Phi) is 5.31. The molecule has 0 saturated carbocycles. The van der Waals surface area contributed by atoms with Crippen molar-refractivity contribution in [3.63, 3.8) is 0 Å². The second-order valence-corrected chi connectivity index (χ2v) is 9.83. The Morgan fingerprint density at radius 2 is 2.00 bits per heavy atom. The summed E-state index contributed by atoms with van der Waals surface area (Å²) in [6.07, 6.45) is 5.46. The van der Waals surface area contributed by atoms with Crippen LogP contribution in [0.15, 0.2) is 40.5 Å². The van der Waals surface area contributed by atoms with Gasteiger partial charge < -0.3 is 15.4 Å². The maximum Gasteiger partial charge on any atom is 0.228 e. The number of halogens is 2. The monoisotopic (exact) mass is 464 g/mol. The number of fused-ring (bicyclic) bond motifs is 1. The third-order valence-corrected chi connectivity index (χ3v) is 8.28. The summed E-state index contributed by atoms with van der Waals surface area (Å²) < 4.78 is 7.64. The Morgan fingerprint density at radius 3 is 2.73 bits per heavy atom. The van der Waals surface area contributed by atoms with Crippen LogP contribution in [0.25, 0.3) is 5.65 Å². The molecule has 30 heavy (non-hydrogen) atoms. The van der Waals surface area contributed by atoms with Crippen molar-refractivity contribution in [3.05, 3.63) is 40.8 Å². The first-order valence-corrected chi connectivity index (χ1v) is 11.5. The molecule has 0 radical (unpaired) electrons. The Bertz CT molecular complexity index is 1080. The van der Waals surface area contributed by atoms with Gasteiger partial charge in [0.05, 0.1) is 27.7 Å². The molecule has 0 aliphatic carbocycles. The molecule has 10 heteroatoms. The van der Waals surface area contributed by atoms with E-state index in [-0.39, 0.29) is 17.6 Å². The second kappa shape index (κ2) is 7.84. The predicted molar refractivity (Wildman–Crippen MR) is 119 cm³/mol. The first-order valence-electron chi connectivity index (χ1n) is 9.91. The van der Waals surface area contributed by atoms with E-state index in [4.69, 9.17) is 38.7 Å². The number of aromatic nitrogens is 4. The van der Waals surface area contributed by atoms with Gasteiger partial charge in [0, 0.05) is 35.6 Å². The van der Waals surface area contributed by atoms with Crippen LogP contribution in [0.4, 0.5) is 5.95 Å². The molecule has 5 rings (SSSR count). The van der Waals surface area contributed by atoms with Crippen molar-refractivity contribution in [2.75, 3.05) is 24.6 Å². The zero-order valence-corrected chi connectivity index (χ0v) is 18.8. The maximum atomic E-state index is 6.45. The molecule has 2 aliphatic rings. The summed E-state index contributed by atoms with van der Waals surface area (Å²) in [5.41, 5.74) is 7.26. The molecule has 3 aromatic rings. The van der Waals surface area contributed by atoms with E-state index in [9.17, 15) is 0 Å². The molecule has 2 fully saturated rings. The molecule has 2 saturated heterocycles. The minimum atomic E-state index is 0.0660. The second-order valence-electron chi connectivity index (χ2n) is 7.96. The highest BCUT2D eigenvalue weighted by molar-refractivity contribution is 7.99. The summed E-state index contributed by atoms with van der Waals surface area (Å²) in [5, 5.41) is 5.48. The minimum Gasteiger partial charge on any atom is -0.376 e. The van der Waals surface area contributed by atoms with Crippen molar-refractivity contribution in [2.45, 2.75) is 41.7 Å². The highest BCUT2D eigenvalue weighted by Gasteiger charge is 2.47. The Balaban J connectivity index is 1.40. The number of ether oxygens (including phenoxy) is 1. The predicted octanol–water partition coefficient (Wildman–Crippen LogP) is 3.91. The van der Waals surface area contributed by atoms with Crippen LogP contribution in [0, 0.1) is 5.41 Å². The Labute approximate surface area is 188 Å². The highest BCUT2D eigenvalue weighted by Crippen LogP contribution is 2.42. The van der Waals surface area contributed by atoms with E-state index in [0.29, 0.717) is 10.0 Å². The van der Waals surface area contributed by atoms with Gasteiger partial charge in [-0.25, -0.2) is 9.97 Å². The van der Waals surface area contributed by atoms with E-state index >= 15 is 0 Å². The zero-order valence-electron chi connectivity index (χ0n) is 16.5. The van der Waals surface area contributed by atoms with Gasteiger partial charge in [0.1, 0.15) is 6.33 Å². The summed E-state index contributed by atoms with van der Waals surface area (Å²) >= 11 is 14.0. The number of hydrogen-bond donors (Lipinski definition) is 1. The van der Waals surface area contributed by atoms with E-state index in [2.05, 4.69) is 21.9 Å². The summed E-state index contributed by atoms with van der Waals surface area (Å²) in [7, 11) is 0. The van der Waals surface area contributed by atoms with Crippen LogP contribution in [0.3, 0.4) is 0 Å². The Hall–Kier alpha value is -1.58. The van der Waals surface area contributed by atoms with E-state index in [1.165, 1.54) is 11.8 Å². The maximum absolute atomic E-state index is 6.45. The quantitative estimate of drug-likeness (QED) is 0.628. The number of nitrogens with zero attached hydrogens (tertiary/aromatic N) is 5. The first kappa shape index (κ1) is 20.3. The van der Waals surface area contributed by atoms with Crippen LogP contribution in [-0.2, 0) is 4.74 Å². The zero-order chi connectivity index (χ0) is 20.9. The highest BCUT2D eigenvalue weighted by atomic mass is 35.5. The number of piperidine rings is 1. The summed E-state index contributed by atoms with van der Waals surface area (Å²) in [6, 6.07) is 5.66. The number of rotatable bonds is 3. The SMILES string of the molecule is C[C@H]1OCC2(CCN(c3ncc(Sc4cccc(Cl)c4Cl)c4ncnn34)CC2)[C@H]1N. The largest absolute Gasteiger partial charge is 0.376 e. The molecule has 4 heterocycles. The molecule has 2 aliphatic heterocycles. The molecular formula is C20H22Cl2N6OS. The summed E-state index contributed by atoms with van der Waals surface area (Å²) in [5.74, 6) is 0.791. The van der Waals surface area contributed by atoms with E-state index in [0.717, 1.165) is 53.9 Å². The van der Waals surface area contributed by atoms with Gasteiger partial charge in [0.25, 0.3) is 0 Å². The van der Waals surface area contributed by atoms with Gasteiger partial charge in [-0.15, -0.1) is 0 Å².